The molecule has 20 heavy (non-hydrogen) atoms. The van der Waals surface area contributed by atoms with Gasteiger partial charge in [-0.1, -0.05) is 84.0 Å². The topological polar surface area (TPSA) is 0 Å². The fraction of sp³-hybridized carbons (Fsp3) is 0.200. The molecule has 0 aromatic heterocycles. The lowest BCUT2D eigenvalue weighted by Crippen LogP contribution is -2.12. The van der Waals surface area contributed by atoms with Gasteiger partial charge in [-0.15, -0.1) is 0 Å². The molecule has 0 fully saturated rings. The molecule has 100 valence electrons. The molecule has 0 nitrogen and oxygen atoms in total. The van der Waals surface area contributed by atoms with Crippen LogP contribution in [0.3, 0.4) is 0 Å². The van der Waals surface area contributed by atoms with Crippen LogP contribution < -0.4 is 0 Å². The summed E-state index contributed by atoms with van der Waals surface area (Å²) in [6, 6.07) is 21.7. The first-order valence-corrected chi connectivity index (χ1v) is 7.22. The maximum absolute atomic E-state index is 2.40. The van der Waals surface area contributed by atoms with E-state index in [0.717, 1.165) is 0 Å². The van der Waals surface area contributed by atoms with Gasteiger partial charge in [0.2, 0.25) is 0 Å². The van der Waals surface area contributed by atoms with Crippen LogP contribution in [0.15, 0.2) is 84.0 Å². The van der Waals surface area contributed by atoms with Gasteiger partial charge in [-0.25, -0.2) is 0 Å². The summed E-state index contributed by atoms with van der Waals surface area (Å²) in [7, 11) is 0. The Bertz CT molecular complexity index is 593. The van der Waals surface area contributed by atoms with Crippen LogP contribution in [0.2, 0.25) is 0 Å². The third kappa shape index (κ3) is 2.46. The molecule has 1 atom stereocenters. The van der Waals surface area contributed by atoms with E-state index in [4.69, 9.17) is 0 Å². The summed E-state index contributed by atoms with van der Waals surface area (Å²) in [6.45, 7) is 4.44. The summed E-state index contributed by atoms with van der Waals surface area (Å²) in [5, 5.41) is 0. The summed E-state index contributed by atoms with van der Waals surface area (Å²) < 4.78 is 0. The van der Waals surface area contributed by atoms with Crippen molar-refractivity contribution in [1.82, 2.24) is 0 Å². The normalized spacial score (nSPS) is 18.1. The van der Waals surface area contributed by atoms with Crippen molar-refractivity contribution in [3.63, 3.8) is 0 Å². The van der Waals surface area contributed by atoms with Crippen molar-refractivity contribution >= 4 is 0 Å². The Morgan fingerprint density at radius 3 is 1.65 bits per heavy atom. The Kier molecular flexibility index (Phi) is 3.56. The number of rotatable bonds is 3. The van der Waals surface area contributed by atoms with E-state index in [2.05, 4.69) is 86.7 Å². The second-order valence-electron chi connectivity index (χ2n) is 5.62. The molecule has 0 aliphatic heterocycles. The van der Waals surface area contributed by atoms with Crippen LogP contribution in [-0.2, 0) is 0 Å². The van der Waals surface area contributed by atoms with Gasteiger partial charge in [-0.3, -0.25) is 0 Å². The number of hydrogen-bond donors (Lipinski definition) is 0. The zero-order chi connectivity index (χ0) is 13.9. The fourth-order valence-electron chi connectivity index (χ4n) is 3.21. The van der Waals surface area contributed by atoms with E-state index in [1.54, 1.807) is 0 Å². The van der Waals surface area contributed by atoms with Gasteiger partial charge in [-0.2, -0.15) is 0 Å². The SMILES string of the molecule is CC1=CC(C(c2ccccc2)c2ccccc2)C(C)=C1. The highest BCUT2D eigenvalue weighted by Gasteiger charge is 2.26. The molecule has 1 aliphatic rings. The third-order valence-electron chi connectivity index (χ3n) is 4.10. The molecule has 2 aromatic carbocycles. The monoisotopic (exact) mass is 260 g/mol. The van der Waals surface area contributed by atoms with Gasteiger partial charge >= 0.3 is 0 Å². The van der Waals surface area contributed by atoms with Crippen LogP contribution in [0.5, 0.6) is 0 Å². The Morgan fingerprint density at radius 1 is 0.750 bits per heavy atom. The maximum Gasteiger partial charge on any atom is 0.0190 e. The average molecular weight is 260 g/mol. The minimum atomic E-state index is 0.408. The Morgan fingerprint density at radius 2 is 1.25 bits per heavy atom. The van der Waals surface area contributed by atoms with Crippen molar-refractivity contribution in [2.45, 2.75) is 19.8 Å². The van der Waals surface area contributed by atoms with Crippen LogP contribution in [0.1, 0.15) is 30.9 Å². The van der Waals surface area contributed by atoms with Crippen molar-refractivity contribution < 1.29 is 0 Å². The van der Waals surface area contributed by atoms with Crippen molar-refractivity contribution in [3.8, 4) is 0 Å². The quantitative estimate of drug-likeness (QED) is 0.698. The lowest BCUT2D eigenvalue weighted by molar-refractivity contribution is 0.658. The number of hydrogen-bond acceptors (Lipinski definition) is 0. The van der Waals surface area contributed by atoms with Gasteiger partial charge < -0.3 is 0 Å². The summed E-state index contributed by atoms with van der Waals surface area (Å²) in [4.78, 5) is 0. The molecule has 0 saturated carbocycles. The second kappa shape index (κ2) is 5.50. The number of allylic oxidation sites excluding steroid dienone is 4. The lowest BCUT2D eigenvalue weighted by Gasteiger charge is -2.25. The van der Waals surface area contributed by atoms with E-state index in [-0.39, 0.29) is 0 Å². The van der Waals surface area contributed by atoms with E-state index in [1.165, 1.54) is 22.3 Å². The van der Waals surface area contributed by atoms with Gasteiger partial charge in [0, 0.05) is 11.8 Å². The predicted octanol–water partition coefficient (Wildman–Crippen LogP) is 5.34. The van der Waals surface area contributed by atoms with E-state index >= 15 is 0 Å². The molecule has 0 spiro atoms. The molecule has 0 heterocycles. The van der Waals surface area contributed by atoms with Gasteiger partial charge in [0.1, 0.15) is 0 Å². The maximum atomic E-state index is 2.40. The number of benzene rings is 2. The molecule has 0 N–H and O–H groups in total. The van der Waals surface area contributed by atoms with Crippen LogP contribution in [0.4, 0.5) is 0 Å². The summed E-state index contributed by atoms with van der Waals surface area (Å²) in [5.74, 6) is 0.880. The molecule has 0 bridgehead atoms. The minimum Gasteiger partial charge on any atom is -0.0735 e. The van der Waals surface area contributed by atoms with E-state index in [0.29, 0.717) is 11.8 Å². The summed E-state index contributed by atoms with van der Waals surface area (Å²) in [5.41, 5.74) is 5.62. The second-order valence-corrected chi connectivity index (χ2v) is 5.62. The van der Waals surface area contributed by atoms with Gasteiger partial charge in [0.05, 0.1) is 0 Å². The average Bonchev–Trinajstić information content (AvgIpc) is 2.80. The molecule has 0 radical (unpaired) electrons. The molecule has 2 aromatic rings. The standard InChI is InChI=1S/C20H20/c1-15-13-16(2)19(14-15)20(17-9-5-3-6-10-17)18-11-7-4-8-12-18/h3-14,19-20H,1-2H3. The van der Waals surface area contributed by atoms with Gasteiger partial charge in [0.25, 0.3) is 0 Å². The largest absolute Gasteiger partial charge is 0.0735 e. The van der Waals surface area contributed by atoms with Crippen LogP contribution >= 0.6 is 0 Å². The smallest absolute Gasteiger partial charge is 0.0190 e. The first-order chi connectivity index (χ1) is 9.75. The molecule has 0 amide bonds. The highest BCUT2D eigenvalue weighted by atomic mass is 14.3. The molecule has 3 rings (SSSR count). The van der Waals surface area contributed by atoms with E-state index in [1.807, 2.05) is 0 Å². The molecule has 0 saturated heterocycles. The van der Waals surface area contributed by atoms with E-state index in [9.17, 15) is 0 Å². The lowest BCUT2D eigenvalue weighted by atomic mass is 9.78. The molecule has 1 unspecified atom stereocenters. The zero-order valence-corrected chi connectivity index (χ0v) is 12.1. The van der Waals surface area contributed by atoms with Crippen molar-refractivity contribution in [1.29, 1.82) is 0 Å². The summed E-state index contributed by atoms with van der Waals surface area (Å²) in [6.07, 6.45) is 4.71. The fourth-order valence-corrected chi connectivity index (χ4v) is 3.21. The summed E-state index contributed by atoms with van der Waals surface area (Å²) >= 11 is 0. The Labute approximate surface area is 121 Å². The van der Waals surface area contributed by atoms with Gasteiger partial charge in [0.15, 0.2) is 0 Å². The van der Waals surface area contributed by atoms with Crippen LogP contribution in [0, 0.1) is 5.92 Å². The van der Waals surface area contributed by atoms with Crippen molar-refractivity contribution in [3.05, 3.63) is 95.1 Å². The van der Waals surface area contributed by atoms with Crippen molar-refractivity contribution in [2.75, 3.05) is 0 Å². The minimum absolute atomic E-state index is 0.408. The Balaban J connectivity index is 2.08. The zero-order valence-electron chi connectivity index (χ0n) is 12.1. The third-order valence-corrected chi connectivity index (χ3v) is 4.10. The van der Waals surface area contributed by atoms with Crippen LogP contribution in [0.25, 0.3) is 0 Å². The molecule has 1 aliphatic carbocycles. The van der Waals surface area contributed by atoms with Gasteiger partial charge in [-0.05, 0) is 25.0 Å². The predicted molar refractivity (Wildman–Crippen MR) is 85.7 cm³/mol. The molecular formula is C20H20. The first-order valence-electron chi connectivity index (χ1n) is 7.22. The first kappa shape index (κ1) is 12.9. The Hall–Kier alpha value is -2.08. The highest BCUT2D eigenvalue weighted by Crippen LogP contribution is 2.40. The van der Waals surface area contributed by atoms with E-state index < -0.39 is 0 Å². The molecule has 0 heteroatoms. The van der Waals surface area contributed by atoms with Crippen molar-refractivity contribution in [2.24, 2.45) is 5.92 Å². The van der Waals surface area contributed by atoms with Crippen LogP contribution in [-0.4, -0.2) is 0 Å². The highest BCUT2D eigenvalue weighted by molar-refractivity contribution is 5.43. The molecular weight excluding hydrogens is 240 g/mol.